The number of nitrogens with two attached hydrogens (primary N) is 1. The highest BCUT2D eigenvalue weighted by molar-refractivity contribution is 6.20. The molecule has 0 saturated carbocycles. The minimum Gasteiger partial charge on any atom is -0.491 e. The lowest BCUT2D eigenvalue weighted by molar-refractivity contribution is -0.131. The first kappa shape index (κ1) is 22.5. The number of benzene rings is 1. The number of aliphatic hydroxyl groups excluding tert-OH is 1. The Morgan fingerprint density at radius 1 is 1.52 bits per heavy atom. The molecule has 11 heteroatoms. The predicted molar refractivity (Wildman–Crippen MR) is 114 cm³/mol. The summed E-state index contributed by atoms with van der Waals surface area (Å²) in [5, 5.41) is 27.7. The molecule has 1 aromatic rings. The zero-order valence-corrected chi connectivity index (χ0v) is 18.3. The second-order valence-corrected chi connectivity index (χ2v) is 9.11. The van der Waals surface area contributed by atoms with Gasteiger partial charge in [-0.3, -0.25) is 15.1 Å². The quantitative estimate of drug-likeness (QED) is 0.312. The van der Waals surface area contributed by atoms with Gasteiger partial charge in [-0.1, -0.05) is 6.07 Å². The Balaban J connectivity index is 1.44. The summed E-state index contributed by atoms with van der Waals surface area (Å²) in [6, 6.07) is 6.07. The van der Waals surface area contributed by atoms with Gasteiger partial charge >= 0.3 is 6.03 Å². The average Bonchev–Trinajstić information content (AvgIpc) is 3.24. The van der Waals surface area contributed by atoms with Gasteiger partial charge in [0.25, 0.3) is 0 Å². The predicted octanol–water partition coefficient (Wildman–Crippen LogP) is 0.0982. The highest BCUT2D eigenvalue weighted by Crippen LogP contribution is 2.40. The Kier molecular flexibility index (Phi) is 6.32. The first-order valence-corrected chi connectivity index (χ1v) is 10.8. The van der Waals surface area contributed by atoms with Gasteiger partial charge in [0.2, 0.25) is 0 Å². The van der Waals surface area contributed by atoms with E-state index < -0.39 is 30.1 Å². The van der Waals surface area contributed by atoms with Crippen LogP contribution in [0.25, 0.3) is 0 Å². The molecule has 0 bridgehead atoms. The summed E-state index contributed by atoms with van der Waals surface area (Å²) in [5.41, 5.74) is 3.99. The van der Waals surface area contributed by atoms with Crippen molar-refractivity contribution in [2.45, 2.75) is 49.0 Å². The topological polar surface area (TPSA) is 133 Å². The number of halogens is 1. The van der Waals surface area contributed by atoms with Crippen molar-refractivity contribution >= 4 is 23.3 Å². The third-order valence-electron chi connectivity index (χ3n) is 6.46. The molecule has 0 spiro atoms. The van der Waals surface area contributed by atoms with Crippen LogP contribution in [0.1, 0.15) is 13.3 Å². The maximum Gasteiger partial charge on any atom is 0.316 e. The number of amides is 2. The van der Waals surface area contributed by atoms with E-state index in [2.05, 4.69) is 20.4 Å². The number of primary amides is 1. The molecule has 6 N–H and O–H groups in total. The van der Waals surface area contributed by atoms with E-state index in [4.69, 9.17) is 26.8 Å². The lowest BCUT2D eigenvalue weighted by atomic mass is 9.94. The molecule has 3 heterocycles. The lowest BCUT2D eigenvalue weighted by Gasteiger charge is -2.44. The number of hydrogen-bond donors (Lipinski definition) is 5. The number of alkyl halides is 1. The Hall–Kier alpha value is -1.66. The normalized spacial score (nSPS) is 38.7. The average molecular weight is 456 g/mol. The van der Waals surface area contributed by atoms with Gasteiger partial charge in [-0.15, -0.1) is 11.6 Å². The number of nitrogens with one attached hydrogen (secondary N) is 2. The second-order valence-electron chi connectivity index (χ2n) is 8.64. The summed E-state index contributed by atoms with van der Waals surface area (Å²) < 4.78 is 11.9. The number of carbonyl (C=O) groups is 1. The molecule has 10 nitrogen and oxygen atoms in total. The van der Waals surface area contributed by atoms with Gasteiger partial charge in [0.1, 0.15) is 36.4 Å². The van der Waals surface area contributed by atoms with E-state index in [9.17, 15) is 15.0 Å². The van der Waals surface area contributed by atoms with Crippen LogP contribution in [0.15, 0.2) is 24.3 Å². The molecule has 7 atom stereocenters. The van der Waals surface area contributed by atoms with E-state index in [1.165, 1.54) is 0 Å². The van der Waals surface area contributed by atoms with E-state index in [-0.39, 0.29) is 24.2 Å². The van der Waals surface area contributed by atoms with E-state index in [1.54, 1.807) is 31.2 Å². The number of hydrogen-bond acceptors (Lipinski definition) is 8. The van der Waals surface area contributed by atoms with Crippen LogP contribution in [0.3, 0.4) is 0 Å². The maximum absolute atomic E-state index is 11.0. The third-order valence-corrected chi connectivity index (χ3v) is 6.94. The summed E-state index contributed by atoms with van der Waals surface area (Å²) >= 11 is 6.47. The van der Waals surface area contributed by atoms with Crippen molar-refractivity contribution in [3.8, 4) is 5.75 Å². The fraction of sp³-hybridized carbons (Fsp3) is 0.650. The standard InChI is InChI=1S/C20H30ClN5O5/c1-20(29)14(9-30-12-5-3-4-11(8-12)24-19(22)28)31-18(15(20)27)26-7-6-13-16(21)23-10-25(2)17(13)26/h3-5,8,13-18,23,27,29H,6-7,9-10H2,1-2H3,(H3,22,24,28)/t13?,14-,15+,16?,17?,18-,20-/m1/s1. The third kappa shape index (κ3) is 4.34. The fourth-order valence-electron chi connectivity index (χ4n) is 4.76. The van der Waals surface area contributed by atoms with Gasteiger partial charge in [-0.05, 0) is 32.5 Å². The van der Waals surface area contributed by atoms with Crippen LogP contribution in [0.2, 0.25) is 0 Å². The molecule has 0 aliphatic carbocycles. The van der Waals surface area contributed by atoms with Gasteiger partial charge < -0.3 is 30.7 Å². The molecule has 3 unspecified atom stereocenters. The van der Waals surface area contributed by atoms with Crippen molar-refractivity contribution in [2.75, 3.05) is 32.2 Å². The molecule has 3 saturated heterocycles. The minimum absolute atomic E-state index is 0.00965. The summed E-state index contributed by atoms with van der Waals surface area (Å²) in [4.78, 5) is 15.3. The van der Waals surface area contributed by atoms with E-state index >= 15 is 0 Å². The highest BCUT2D eigenvalue weighted by atomic mass is 35.5. The molecule has 172 valence electrons. The lowest BCUT2D eigenvalue weighted by Crippen LogP contribution is -2.61. The zero-order valence-electron chi connectivity index (χ0n) is 17.6. The number of ether oxygens (including phenoxy) is 2. The zero-order chi connectivity index (χ0) is 22.3. The number of rotatable bonds is 5. The van der Waals surface area contributed by atoms with Crippen LogP contribution < -0.4 is 21.1 Å². The van der Waals surface area contributed by atoms with Crippen molar-refractivity contribution in [1.29, 1.82) is 0 Å². The van der Waals surface area contributed by atoms with Crippen molar-refractivity contribution < 1.29 is 24.5 Å². The molecular weight excluding hydrogens is 426 g/mol. The SMILES string of the molecule is CN1CNC(Cl)C2CCN([C@@H]3O[C@H](COc4cccc(NC(N)=O)c4)[C@@](C)(O)[C@H]3O)C21. The molecule has 4 rings (SSSR count). The summed E-state index contributed by atoms with van der Waals surface area (Å²) in [6.45, 7) is 2.92. The van der Waals surface area contributed by atoms with Crippen molar-refractivity contribution in [1.82, 2.24) is 15.1 Å². The number of urea groups is 1. The van der Waals surface area contributed by atoms with E-state index in [0.29, 0.717) is 24.7 Å². The largest absolute Gasteiger partial charge is 0.491 e. The maximum atomic E-state index is 11.0. The molecule has 0 aromatic heterocycles. The Labute approximate surface area is 186 Å². The van der Waals surface area contributed by atoms with E-state index in [1.807, 2.05) is 7.05 Å². The molecule has 2 amide bonds. The minimum atomic E-state index is -1.50. The number of anilines is 1. The van der Waals surface area contributed by atoms with Gasteiger partial charge in [0, 0.05) is 24.2 Å². The number of likely N-dealkylation sites (tertiary alicyclic amines) is 1. The first-order valence-electron chi connectivity index (χ1n) is 10.4. The second kappa shape index (κ2) is 8.70. The fourth-order valence-corrected chi connectivity index (χ4v) is 5.09. The number of aliphatic hydroxyl groups is 2. The van der Waals surface area contributed by atoms with Crippen molar-refractivity contribution in [2.24, 2.45) is 11.7 Å². The van der Waals surface area contributed by atoms with Gasteiger partial charge in [0.05, 0.1) is 18.3 Å². The van der Waals surface area contributed by atoms with Gasteiger partial charge in [-0.2, -0.15) is 0 Å². The van der Waals surface area contributed by atoms with Crippen LogP contribution in [-0.4, -0.2) is 88.6 Å². The molecular formula is C20H30ClN5O5. The summed E-state index contributed by atoms with van der Waals surface area (Å²) in [5.74, 6) is 0.671. The van der Waals surface area contributed by atoms with Crippen LogP contribution in [0.4, 0.5) is 10.5 Å². The number of fused-ring (bicyclic) bond motifs is 1. The first-order chi connectivity index (χ1) is 14.7. The van der Waals surface area contributed by atoms with Crippen molar-refractivity contribution in [3.05, 3.63) is 24.3 Å². The molecule has 1 aromatic carbocycles. The monoisotopic (exact) mass is 455 g/mol. The number of carbonyl (C=O) groups excluding carboxylic acids is 1. The van der Waals surface area contributed by atoms with Crippen molar-refractivity contribution in [3.63, 3.8) is 0 Å². The van der Waals surface area contributed by atoms with Gasteiger partial charge in [0.15, 0.2) is 0 Å². The van der Waals surface area contributed by atoms with Gasteiger partial charge in [-0.25, -0.2) is 4.79 Å². The molecule has 3 aliphatic heterocycles. The molecule has 3 fully saturated rings. The molecule has 3 aliphatic rings. The number of nitrogens with zero attached hydrogens (tertiary/aromatic N) is 2. The van der Waals surface area contributed by atoms with E-state index in [0.717, 1.165) is 6.42 Å². The van der Waals surface area contributed by atoms with Crippen LogP contribution in [0.5, 0.6) is 5.75 Å². The Bertz CT molecular complexity index is 814. The Morgan fingerprint density at radius 2 is 2.29 bits per heavy atom. The Morgan fingerprint density at radius 3 is 3.03 bits per heavy atom. The van der Waals surface area contributed by atoms with Crippen LogP contribution in [0, 0.1) is 5.92 Å². The molecule has 31 heavy (non-hydrogen) atoms. The van der Waals surface area contributed by atoms with Crippen LogP contribution >= 0.6 is 11.6 Å². The summed E-state index contributed by atoms with van der Waals surface area (Å²) in [6.07, 6.45) is -1.66. The van der Waals surface area contributed by atoms with Crippen LogP contribution in [-0.2, 0) is 4.74 Å². The molecule has 0 radical (unpaired) electrons. The highest BCUT2D eigenvalue weighted by Gasteiger charge is 2.58. The summed E-state index contributed by atoms with van der Waals surface area (Å²) in [7, 11) is 2.00. The smallest absolute Gasteiger partial charge is 0.316 e.